The van der Waals surface area contributed by atoms with Gasteiger partial charge in [0, 0.05) is 19.0 Å². The molecule has 4 nitrogen and oxygen atoms in total. The summed E-state index contributed by atoms with van der Waals surface area (Å²) in [6.07, 6.45) is 1.85. The number of carboxylic acids is 1. The maximum atomic E-state index is 13.0. The second-order valence-corrected chi connectivity index (χ2v) is 7.88. The van der Waals surface area contributed by atoms with Gasteiger partial charge in [-0.3, -0.25) is 9.59 Å². The molecular formula is C23H25NO3. The predicted molar refractivity (Wildman–Crippen MR) is 104 cm³/mol. The number of hydrogen-bond donors (Lipinski definition) is 1. The molecule has 27 heavy (non-hydrogen) atoms. The Morgan fingerprint density at radius 2 is 1.63 bits per heavy atom. The van der Waals surface area contributed by atoms with Crippen molar-refractivity contribution in [3.63, 3.8) is 0 Å². The van der Waals surface area contributed by atoms with E-state index < -0.39 is 11.4 Å². The van der Waals surface area contributed by atoms with Crippen LogP contribution < -0.4 is 0 Å². The van der Waals surface area contributed by atoms with Gasteiger partial charge in [0.1, 0.15) is 0 Å². The molecule has 0 spiro atoms. The van der Waals surface area contributed by atoms with Gasteiger partial charge in [-0.15, -0.1) is 0 Å². The molecule has 1 saturated heterocycles. The molecule has 0 radical (unpaired) electrons. The van der Waals surface area contributed by atoms with Crippen LogP contribution in [0.2, 0.25) is 0 Å². The summed E-state index contributed by atoms with van der Waals surface area (Å²) in [5.41, 5.74) is 2.48. The molecule has 1 heterocycles. The van der Waals surface area contributed by atoms with Gasteiger partial charge < -0.3 is 10.0 Å². The molecule has 2 aromatic carbocycles. The number of carboxylic acid groups (broad SMARTS) is 1. The first-order chi connectivity index (χ1) is 13.0. The van der Waals surface area contributed by atoms with Crippen LogP contribution in [0.4, 0.5) is 0 Å². The minimum Gasteiger partial charge on any atom is -0.481 e. The van der Waals surface area contributed by atoms with Gasteiger partial charge in [-0.2, -0.15) is 0 Å². The summed E-state index contributed by atoms with van der Waals surface area (Å²) in [4.78, 5) is 26.9. The summed E-state index contributed by atoms with van der Waals surface area (Å²) in [5, 5.41) is 9.91. The lowest BCUT2D eigenvalue weighted by Gasteiger charge is -2.39. The normalized spacial score (nSPS) is 23.7. The molecular weight excluding hydrogens is 338 g/mol. The van der Waals surface area contributed by atoms with E-state index in [0.29, 0.717) is 31.8 Å². The first-order valence-electron chi connectivity index (χ1n) is 9.66. The summed E-state index contributed by atoms with van der Waals surface area (Å²) in [6.45, 7) is 3.12. The molecule has 140 valence electrons. The number of amides is 1. The van der Waals surface area contributed by atoms with Gasteiger partial charge in [0.2, 0.25) is 5.91 Å². The van der Waals surface area contributed by atoms with E-state index in [9.17, 15) is 14.7 Å². The highest BCUT2D eigenvalue weighted by Crippen LogP contribution is 2.50. The molecule has 2 fully saturated rings. The number of hydrogen-bond acceptors (Lipinski definition) is 2. The molecule has 2 atom stereocenters. The minimum absolute atomic E-state index is 0.0557. The Morgan fingerprint density at radius 1 is 1.00 bits per heavy atom. The first-order valence-corrected chi connectivity index (χ1v) is 9.66. The Bertz CT molecular complexity index is 853. The number of nitrogens with zero attached hydrogens (tertiary/aromatic N) is 1. The lowest BCUT2D eigenvalue weighted by molar-refractivity contribution is -0.148. The van der Waals surface area contributed by atoms with Crippen molar-refractivity contribution in [2.45, 2.75) is 37.5 Å². The Morgan fingerprint density at radius 3 is 2.26 bits per heavy atom. The van der Waals surface area contributed by atoms with Crippen molar-refractivity contribution in [1.29, 1.82) is 0 Å². The first kappa shape index (κ1) is 17.8. The van der Waals surface area contributed by atoms with E-state index >= 15 is 0 Å². The number of aryl methyl sites for hydroxylation is 1. The van der Waals surface area contributed by atoms with Crippen LogP contribution in [0.5, 0.6) is 0 Å². The van der Waals surface area contributed by atoms with Crippen molar-refractivity contribution in [3.05, 3.63) is 71.3 Å². The van der Waals surface area contributed by atoms with Crippen LogP contribution in [0.25, 0.3) is 0 Å². The summed E-state index contributed by atoms with van der Waals surface area (Å²) in [6, 6.07) is 17.7. The number of carbonyl (C=O) groups is 2. The number of likely N-dealkylation sites (tertiary alicyclic amines) is 1. The third-order valence-corrected chi connectivity index (χ3v) is 6.36. The lowest BCUT2D eigenvalue weighted by Crippen LogP contribution is -2.49. The highest BCUT2D eigenvalue weighted by atomic mass is 16.4. The van der Waals surface area contributed by atoms with Gasteiger partial charge in [0.05, 0.1) is 5.41 Å². The van der Waals surface area contributed by atoms with E-state index in [2.05, 4.69) is 19.1 Å². The molecule has 0 aromatic heterocycles. The van der Waals surface area contributed by atoms with Gasteiger partial charge in [-0.05, 0) is 48.8 Å². The average molecular weight is 363 g/mol. The lowest BCUT2D eigenvalue weighted by atomic mass is 9.73. The second kappa shape index (κ2) is 6.84. The fraction of sp³-hybridized carbons (Fsp3) is 0.391. The van der Waals surface area contributed by atoms with Crippen molar-refractivity contribution in [3.8, 4) is 0 Å². The summed E-state index contributed by atoms with van der Waals surface area (Å²) in [5.74, 6) is -0.223. The fourth-order valence-electron chi connectivity index (χ4n) is 4.54. The smallest absolute Gasteiger partial charge is 0.314 e. The van der Waals surface area contributed by atoms with Crippen molar-refractivity contribution in [2.75, 3.05) is 13.1 Å². The molecule has 0 bridgehead atoms. The number of rotatable bonds is 4. The molecule has 0 unspecified atom stereocenters. The maximum Gasteiger partial charge on any atom is 0.314 e. The second-order valence-electron chi connectivity index (χ2n) is 7.88. The zero-order chi connectivity index (χ0) is 19.0. The number of piperidine rings is 1. The zero-order valence-electron chi connectivity index (χ0n) is 15.6. The Balaban J connectivity index is 1.44. The van der Waals surface area contributed by atoms with E-state index in [-0.39, 0.29) is 11.8 Å². The van der Waals surface area contributed by atoms with Gasteiger partial charge in [0.25, 0.3) is 0 Å². The van der Waals surface area contributed by atoms with Crippen molar-refractivity contribution in [1.82, 2.24) is 4.90 Å². The van der Waals surface area contributed by atoms with Gasteiger partial charge in [0.15, 0.2) is 0 Å². The largest absolute Gasteiger partial charge is 0.481 e. The van der Waals surface area contributed by atoms with E-state index in [1.165, 1.54) is 11.1 Å². The van der Waals surface area contributed by atoms with Crippen molar-refractivity contribution < 1.29 is 14.7 Å². The van der Waals surface area contributed by atoms with Crippen LogP contribution in [0.15, 0.2) is 54.6 Å². The fourth-order valence-corrected chi connectivity index (χ4v) is 4.54. The van der Waals surface area contributed by atoms with Crippen LogP contribution in [0.3, 0.4) is 0 Å². The standard InChI is InChI=1S/C23H25NO3/c1-16-7-5-6-10-18(16)19-15-20(19)21(25)24-13-11-23(12-14-24,22(26)27)17-8-3-2-4-9-17/h2-10,19-20H,11-15H2,1H3,(H,26,27)/t19-,20+/m1/s1. The highest BCUT2D eigenvalue weighted by molar-refractivity contribution is 5.85. The zero-order valence-corrected chi connectivity index (χ0v) is 15.6. The molecule has 1 saturated carbocycles. The minimum atomic E-state index is -0.878. The third kappa shape index (κ3) is 3.14. The van der Waals surface area contributed by atoms with Gasteiger partial charge in [-0.1, -0.05) is 54.6 Å². The summed E-state index contributed by atoms with van der Waals surface area (Å²) in [7, 11) is 0. The van der Waals surface area contributed by atoms with E-state index in [0.717, 1.165) is 12.0 Å². The number of carbonyl (C=O) groups excluding carboxylic acids is 1. The highest BCUT2D eigenvalue weighted by Gasteiger charge is 2.49. The van der Waals surface area contributed by atoms with Crippen molar-refractivity contribution >= 4 is 11.9 Å². The third-order valence-electron chi connectivity index (χ3n) is 6.36. The molecule has 2 aromatic rings. The molecule has 1 N–H and O–H groups in total. The molecule has 4 rings (SSSR count). The van der Waals surface area contributed by atoms with Crippen LogP contribution in [0.1, 0.15) is 41.9 Å². The quantitative estimate of drug-likeness (QED) is 0.900. The van der Waals surface area contributed by atoms with Crippen molar-refractivity contribution in [2.24, 2.45) is 5.92 Å². The van der Waals surface area contributed by atoms with Crippen LogP contribution in [-0.2, 0) is 15.0 Å². The topological polar surface area (TPSA) is 57.6 Å². The maximum absolute atomic E-state index is 13.0. The molecule has 2 aliphatic rings. The van der Waals surface area contributed by atoms with E-state index in [4.69, 9.17) is 0 Å². The summed E-state index contributed by atoms with van der Waals surface area (Å²) >= 11 is 0. The molecule has 4 heteroatoms. The Kier molecular flexibility index (Phi) is 4.50. The van der Waals surface area contributed by atoms with Crippen LogP contribution in [-0.4, -0.2) is 35.0 Å². The van der Waals surface area contributed by atoms with E-state index in [1.54, 1.807) is 0 Å². The van der Waals surface area contributed by atoms with E-state index in [1.807, 2.05) is 47.4 Å². The number of benzene rings is 2. The predicted octanol–water partition coefficient (Wildman–Crippen LogP) is 3.74. The van der Waals surface area contributed by atoms with Gasteiger partial charge >= 0.3 is 5.97 Å². The average Bonchev–Trinajstić information content (AvgIpc) is 3.49. The van der Waals surface area contributed by atoms with Crippen LogP contribution >= 0.6 is 0 Å². The Hall–Kier alpha value is -2.62. The molecule has 1 amide bonds. The van der Waals surface area contributed by atoms with Gasteiger partial charge in [-0.25, -0.2) is 0 Å². The monoisotopic (exact) mass is 363 g/mol. The molecule has 1 aliphatic carbocycles. The SMILES string of the molecule is Cc1ccccc1[C@H]1C[C@@H]1C(=O)N1CCC(C(=O)O)(c2ccccc2)CC1. The van der Waals surface area contributed by atoms with Crippen LogP contribution in [0, 0.1) is 12.8 Å². The number of aliphatic carboxylic acids is 1. The Labute approximate surface area is 159 Å². The summed E-state index contributed by atoms with van der Waals surface area (Å²) < 4.78 is 0. The molecule has 1 aliphatic heterocycles.